The maximum absolute atomic E-state index is 12.8. The molecule has 2 aromatic heterocycles. The molecule has 2 heterocycles. The molecular formula is C19H20ClN5O2S2. The van der Waals surface area contributed by atoms with Crippen LogP contribution in [0.1, 0.15) is 19.5 Å². The van der Waals surface area contributed by atoms with Gasteiger partial charge in [-0.25, -0.2) is 4.98 Å². The number of anilines is 1. The summed E-state index contributed by atoms with van der Waals surface area (Å²) in [6.45, 7) is 9.49. The second-order valence-corrected chi connectivity index (χ2v) is 8.53. The van der Waals surface area contributed by atoms with Gasteiger partial charge in [-0.15, -0.1) is 6.58 Å². The molecule has 7 nitrogen and oxygen atoms in total. The van der Waals surface area contributed by atoms with Crippen LogP contribution in [0.3, 0.4) is 0 Å². The molecule has 0 unspecified atom stereocenters. The second kappa shape index (κ2) is 8.48. The average molecular weight is 450 g/mol. The summed E-state index contributed by atoms with van der Waals surface area (Å²) in [5.41, 5.74) is -0.378. The van der Waals surface area contributed by atoms with E-state index in [0.717, 1.165) is 10.6 Å². The van der Waals surface area contributed by atoms with Crippen molar-refractivity contribution < 1.29 is 9.53 Å². The van der Waals surface area contributed by atoms with Crippen molar-refractivity contribution in [1.29, 1.82) is 0 Å². The Balaban J connectivity index is 1.79. The van der Waals surface area contributed by atoms with E-state index >= 15 is 0 Å². The zero-order valence-corrected chi connectivity index (χ0v) is 18.5. The van der Waals surface area contributed by atoms with Crippen LogP contribution in [0.15, 0.2) is 36.9 Å². The Hall–Kier alpha value is -2.49. The average Bonchev–Trinajstić information content (AvgIpc) is 3.19. The van der Waals surface area contributed by atoms with E-state index in [2.05, 4.69) is 27.1 Å². The zero-order valence-electron chi connectivity index (χ0n) is 16.2. The van der Waals surface area contributed by atoms with E-state index in [1.54, 1.807) is 44.2 Å². The largest absolute Gasteiger partial charge is 0.478 e. The molecule has 0 atom stereocenters. The molecule has 29 heavy (non-hydrogen) atoms. The van der Waals surface area contributed by atoms with Crippen molar-refractivity contribution in [3.63, 3.8) is 0 Å². The van der Waals surface area contributed by atoms with Crippen LogP contribution >= 0.6 is 35.2 Å². The van der Waals surface area contributed by atoms with Crippen molar-refractivity contribution in [2.75, 3.05) is 5.32 Å². The molecule has 0 radical (unpaired) electrons. The fourth-order valence-corrected chi connectivity index (χ4v) is 3.83. The van der Waals surface area contributed by atoms with Gasteiger partial charge >= 0.3 is 0 Å². The van der Waals surface area contributed by atoms with Crippen molar-refractivity contribution in [2.24, 2.45) is 0 Å². The smallest absolute Gasteiger partial charge is 0.269 e. The summed E-state index contributed by atoms with van der Waals surface area (Å²) in [5, 5.41) is 11.0. The minimum atomic E-state index is -1.11. The number of aryl methyl sites for hydroxylation is 1. The molecule has 0 saturated carbocycles. The Morgan fingerprint density at radius 1 is 1.45 bits per heavy atom. The molecule has 152 valence electrons. The lowest BCUT2D eigenvalue weighted by atomic mass is 10.1. The topological polar surface area (TPSA) is 84.8 Å². The van der Waals surface area contributed by atoms with Crippen LogP contribution in [-0.4, -0.2) is 31.3 Å². The maximum atomic E-state index is 12.8. The first-order valence-electron chi connectivity index (χ1n) is 8.71. The lowest BCUT2D eigenvalue weighted by Crippen LogP contribution is -2.42. The molecule has 3 rings (SSSR count). The van der Waals surface area contributed by atoms with Crippen molar-refractivity contribution in [3.05, 3.63) is 52.4 Å². The number of nitrogens with one attached hydrogen (secondary N) is 2. The number of thiazole rings is 1. The molecule has 1 amide bonds. The lowest BCUT2D eigenvalue weighted by Gasteiger charge is -2.24. The standard InChI is InChI=1S/C19H20ClN5O2S2/c1-5-10-25-15(23-24-18(25)28)14-11(2)21-17(29-14)22-16(26)19(3,4)27-13-8-6-12(20)7-9-13/h5-9H,1,10H2,2-4H3,(H,24,28)(H,21,22,26). The second-order valence-electron chi connectivity index (χ2n) is 6.71. The number of aromatic amines is 1. The Bertz CT molecular complexity index is 1100. The van der Waals surface area contributed by atoms with Gasteiger partial charge < -0.3 is 4.74 Å². The van der Waals surface area contributed by atoms with Crippen molar-refractivity contribution in [1.82, 2.24) is 19.7 Å². The third-order valence-electron chi connectivity index (χ3n) is 4.02. The monoisotopic (exact) mass is 449 g/mol. The number of amides is 1. The minimum absolute atomic E-state index is 0.322. The highest BCUT2D eigenvalue weighted by Crippen LogP contribution is 2.32. The van der Waals surface area contributed by atoms with Gasteiger partial charge in [-0.2, -0.15) is 5.10 Å². The van der Waals surface area contributed by atoms with Crippen LogP contribution < -0.4 is 10.1 Å². The molecule has 10 heteroatoms. The summed E-state index contributed by atoms with van der Waals surface area (Å²) in [5.74, 6) is 0.880. The molecule has 0 aliphatic heterocycles. The van der Waals surface area contributed by atoms with Gasteiger partial charge in [-0.1, -0.05) is 29.0 Å². The van der Waals surface area contributed by atoms with Crippen LogP contribution in [0.5, 0.6) is 5.75 Å². The SMILES string of the molecule is C=CCn1c(-c2sc(NC(=O)C(C)(C)Oc3ccc(Cl)cc3)nc2C)n[nH]c1=S. The number of carbonyl (C=O) groups excluding carboxylic acids is 1. The Morgan fingerprint density at radius 3 is 2.79 bits per heavy atom. The number of halogens is 1. The highest BCUT2D eigenvalue weighted by molar-refractivity contribution is 7.71. The fraction of sp³-hybridized carbons (Fsp3) is 0.263. The molecule has 3 aromatic rings. The van der Waals surface area contributed by atoms with E-state index in [4.69, 9.17) is 28.6 Å². The van der Waals surface area contributed by atoms with E-state index in [1.807, 2.05) is 11.5 Å². The van der Waals surface area contributed by atoms with Crippen LogP contribution in [0, 0.1) is 11.7 Å². The summed E-state index contributed by atoms with van der Waals surface area (Å²) in [4.78, 5) is 18.1. The number of hydrogen-bond acceptors (Lipinski definition) is 6. The normalized spacial score (nSPS) is 11.3. The van der Waals surface area contributed by atoms with Crippen LogP contribution in [0.4, 0.5) is 5.13 Å². The Morgan fingerprint density at radius 2 is 2.14 bits per heavy atom. The van der Waals surface area contributed by atoms with E-state index in [1.165, 1.54) is 11.3 Å². The summed E-state index contributed by atoms with van der Waals surface area (Å²) in [7, 11) is 0. The number of H-pyrrole nitrogens is 1. The van der Waals surface area contributed by atoms with E-state index in [-0.39, 0.29) is 5.91 Å². The van der Waals surface area contributed by atoms with Crippen LogP contribution in [0.2, 0.25) is 5.02 Å². The zero-order chi connectivity index (χ0) is 21.2. The van der Waals surface area contributed by atoms with Gasteiger partial charge in [0.25, 0.3) is 5.91 Å². The van der Waals surface area contributed by atoms with E-state index < -0.39 is 5.60 Å². The van der Waals surface area contributed by atoms with Gasteiger partial charge in [-0.05, 0) is 57.3 Å². The number of hydrogen-bond donors (Lipinski definition) is 2. The number of aromatic nitrogens is 4. The molecule has 0 saturated heterocycles. The number of allylic oxidation sites excluding steroid dienone is 1. The Labute approximate surface area is 182 Å². The number of nitrogens with zero attached hydrogens (tertiary/aromatic N) is 3. The molecule has 0 fully saturated rings. The number of carbonyl (C=O) groups is 1. The van der Waals surface area contributed by atoms with Crippen molar-refractivity contribution in [2.45, 2.75) is 32.9 Å². The third-order valence-corrected chi connectivity index (χ3v) is 5.66. The van der Waals surface area contributed by atoms with Gasteiger partial charge in [0.2, 0.25) is 0 Å². The lowest BCUT2D eigenvalue weighted by molar-refractivity contribution is -0.128. The predicted octanol–water partition coefficient (Wildman–Crippen LogP) is 5.01. The fourth-order valence-electron chi connectivity index (χ4n) is 2.54. The molecule has 0 spiro atoms. The molecular weight excluding hydrogens is 430 g/mol. The first kappa shape index (κ1) is 21.2. The maximum Gasteiger partial charge on any atom is 0.269 e. The van der Waals surface area contributed by atoms with Gasteiger partial charge in [-0.3, -0.25) is 19.8 Å². The third kappa shape index (κ3) is 4.75. The van der Waals surface area contributed by atoms with Crippen molar-refractivity contribution >= 4 is 46.2 Å². The summed E-state index contributed by atoms with van der Waals surface area (Å²) < 4.78 is 8.14. The number of ether oxygens (including phenoxy) is 1. The van der Waals surface area contributed by atoms with Gasteiger partial charge in [0, 0.05) is 11.6 Å². The summed E-state index contributed by atoms with van der Waals surface area (Å²) in [6, 6.07) is 6.84. The van der Waals surface area contributed by atoms with E-state index in [0.29, 0.717) is 33.0 Å². The van der Waals surface area contributed by atoms with Crippen molar-refractivity contribution in [3.8, 4) is 16.5 Å². The van der Waals surface area contributed by atoms with Gasteiger partial charge in [0.1, 0.15) is 5.75 Å². The highest BCUT2D eigenvalue weighted by Gasteiger charge is 2.31. The summed E-state index contributed by atoms with van der Waals surface area (Å²) in [6.07, 6.45) is 1.74. The molecule has 0 aliphatic rings. The molecule has 2 N–H and O–H groups in total. The molecule has 0 aliphatic carbocycles. The highest BCUT2D eigenvalue weighted by atomic mass is 35.5. The molecule has 0 bridgehead atoms. The number of benzene rings is 1. The molecule has 1 aromatic carbocycles. The van der Waals surface area contributed by atoms with Gasteiger partial charge in [0.15, 0.2) is 21.3 Å². The van der Waals surface area contributed by atoms with E-state index in [9.17, 15) is 4.79 Å². The van der Waals surface area contributed by atoms with Crippen LogP contribution in [-0.2, 0) is 11.3 Å². The predicted molar refractivity (Wildman–Crippen MR) is 118 cm³/mol. The quantitative estimate of drug-likeness (QED) is 0.391. The minimum Gasteiger partial charge on any atom is -0.478 e. The Kier molecular flexibility index (Phi) is 6.21. The summed E-state index contributed by atoms with van der Waals surface area (Å²) >= 11 is 12.5. The number of rotatable bonds is 7. The van der Waals surface area contributed by atoms with Gasteiger partial charge in [0.05, 0.1) is 10.6 Å². The first-order valence-corrected chi connectivity index (χ1v) is 10.3. The van der Waals surface area contributed by atoms with Crippen LogP contribution in [0.25, 0.3) is 10.7 Å². The first-order chi connectivity index (χ1) is 13.7.